The second-order valence-electron chi connectivity index (χ2n) is 2.05. The standard InChI is InChI=1S/C5H14OSi.CH4/c1-4-6-5-7(2)3;/h7H,4-5H2,1-3H3;1H4. The van der Waals surface area contributed by atoms with E-state index < -0.39 is 8.80 Å². The zero-order valence-electron chi connectivity index (χ0n) is 5.40. The highest BCUT2D eigenvalue weighted by Gasteiger charge is 1.90. The maximum Gasteiger partial charge on any atom is 0.0616 e. The second-order valence-corrected chi connectivity index (χ2v) is 5.17. The summed E-state index contributed by atoms with van der Waals surface area (Å²) in [6.45, 7) is 7.49. The minimum Gasteiger partial charge on any atom is -0.385 e. The number of rotatable bonds is 3. The fourth-order valence-corrected chi connectivity index (χ4v) is 1.06. The topological polar surface area (TPSA) is 9.23 Å². The molecule has 0 heterocycles. The van der Waals surface area contributed by atoms with Crippen molar-refractivity contribution in [1.29, 1.82) is 0 Å². The Bertz CT molecular complexity index is 37.5. The maximum atomic E-state index is 5.16. The van der Waals surface area contributed by atoms with Crippen LogP contribution in [0, 0.1) is 0 Å². The molecule has 0 bridgehead atoms. The van der Waals surface area contributed by atoms with Gasteiger partial charge < -0.3 is 4.74 Å². The van der Waals surface area contributed by atoms with E-state index in [1.807, 2.05) is 6.92 Å². The molecule has 52 valence electrons. The van der Waals surface area contributed by atoms with Crippen LogP contribution in [0.3, 0.4) is 0 Å². The Balaban J connectivity index is 0. The first kappa shape index (κ1) is 11.0. The van der Waals surface area contributed by atoms with Crippen molar-refractivity contribution in [2.24, 2.45) is 0 Å². The van der Waals surface area contributed by atoms with Crippen molar-refractivity contribution in [3.05, 3.63) is 0 Å². The van der Waals surface area contributed by atoms with E-state index in [4.69, 9.17) is 4.74 Å². The molecule has 8 heavy (non-hydrogen) atoms. The zero-order valence-corrected chi connectivity index (χ0v) is 6.55. The highest BCUT2D eigenvalue weighted by Crippen LogP contribution is 1.79. The van der Waals surface area contributed by atoms with E-state index in [1.54, 1.807) is 0 Å². The monoisotopic (exact) mass is 134 g/mol. The van der Waals surface area contributed by atoms with E-state index >= 15 is 0 Å². The minimum absolute atomic E-state index is 0. The molecular formula is C6H18OSi. The fourth-order valence-electron chi connectivity index (χ4n) is 0.354. The van der Waals surface area contributed by atoms with Crippen LogP contribution in [0.15, 0.2) is 0 Å². The summed E-state index contributed by atoms with van der Waals surface area (Å²) in [7, 11) is -0.410. The summed E-state index contributed by atoms with van der Waals surface area (Å²) < 4.78 is 5.16. The molecule has 0 aromatic heterocycles. The Morgan fingerprint density at radius 2 is 1.88 bits per heavy atom. The SMILES string of the molecule is C.CCOC[SiH](C)C. The molecule has 0 radical (unpaired) electrons. The molecule has 0 spiro atoms. The van der Waals surface area contributed by atoms with Gasteiger partial charge in [0.15, 0.2) is 0 Å². The normalized spacial score (nSPS) is 9.00. The summed E-state index contributed by atoms with van der Waals surface area (Å²) in [6.07, 6.45) is 1.04. The average molecular weight is 134 g/mol. The molecule has 0 saturated heterocycles. The van der Waals surface area contributed by atoms with Gasteiger partial charge in [-0.15, -0.1) is 0 Å². The van der Waals surface area contributed by atoms with Crippen LogP contribution >= 0.6 is 0 Å². The molecule has 0 aliphatic carbocycles. The van der Waals surface area contributed by atoms with Gasteiger partial charge in [0.2, 0.25) is 0 Å². The summed E-state index contributed by atoms with van der Waals surface area (Å²) in [5.74, 6) is 0. The van der Waals surface area contributed by atoms with Gasteiger partial charge in [0, 0.05) is 12.8 Å². The molecule has 0 N–H and O–H groups in total. The van der Waals surface area contributed by atoms with Gasteiger partial charge in [0.25, 0.3) is 0 Å². The van der Waals surface area contributed by atoms with Crippen LogP contribution in [0.1, 0.15) is 14.4 Å². The van der Waals surface area contributed by atoms with Crippen LogP contribution in [-0.4, -0.2) is 21.6 Å². The van der Waals surface area contributed by atoms with Gasteiger partial charge in [-0.1, -0.05) is 20.5 Å². The first-order chi connectivity index (χ1) is 3.27. The number of hydrogen-bond donors (Lipinski definition) is 0. The lowest BCUT2D eigenvalue weighted by Crippen LogP contribution is -2.10. The summed E-state index contributed by atoms with van der Waals surface area (Å²) >= 11 is 0. The molecular weight excluding hydrogens is 116 g/mol. The molecule has 0 atom stereocenters. The third-order valence-corrected chi connectivity index (χ3v) is 1.56. The molecule has 0 aromatic carbocycles. The Morgan fingerprint density at radius 1 is 1.38 bits per heavy atom. The molecule has 2 heteroatoms. The van der Waals surface area contributed by atoms with Crippen LogP contribution in [-0.2, 0) is 4.74 Å². The Labute approximate surface area is 54.7 Å². The molecule has 0 unspecified atom stereocenters. The van der Waals surface area contributed by atoms with Crippen molar-refractivity contribution in [3.63, 3.8) is 0 Å². The van der Waals surface area contributed by atoms with E-state index in [-0.39, 0.29) is 7.43 Å². The molecule has 0 amide bonds. The van der Waals surface area contributed by atoms with Crippen molar-refractivity contribution in [2.75, 3.05) is 12.8 Å². The van der Waals surface area contributed by atoms with Crippen LogP contribution in [0.25, 0.3) is 0 Å². The van der Waals surface area contributed by atoms with E-state index in [0.29, 0.717) is 0 Å². The average Bonchev–Trinajstić information content (AvgIpc) is 1.61. The van der Waals surface area contributed by atoms with E-state index in [0.717, 1.165) is 12.8 Å². The van der Waals surface area contributed by atoms with Crippen molar-refractivity contribution >= 4 is 8.80 Å². The zero-order chi connectivity index (χ0) is 5.70. The molecule has 0 aromatic rings. The van der Waals surface area contributed by atoms with E-state index in [2.05, 4.69) is 13.1 Å². The summed E-state index contributed by atoms with van der Waals surface area (Å²) in [6, 6.07) is 0. The first-order valence-electron chi connectivity index (χ1n) is 2.85. The lowest BCUT2D eigenvalue weighted by atomic mass is 10.9. The Hall–Kier alpha value is 0.177. The summed E-state index contributed by atoms with van der Waals surface area (Å²) in [4.78, 5) is 0. The number of ether oxygens (including phenoxy) is 1. The van der Waals surface area contributed by atoms with E-state index in [1.165, 1.54) is 0 Å². The minimum atomic E-state index is -0.410. The fraction of sp³-hybridized carbons (Fsp3) is 1.00. The molecule has 0 rings (SSSR count). The Morgan fingerprint density at radius 3 is 2.00 bits per heavy atom. The van der Waals surface area contributed by atoms with E-state index in [9.17, 15) is 0 Å². The lowest BCUT2D eigenvalue weighted by molar-refractivity contribution is 0.191. The van der Waals surface area contributed by atoms with Crippen molar-refractivity contribution < 1.29 is 4.74 Å². The van der Waals surface area contributed by atoms with Crippen molar-refractivity contribution in [2.45, 2.75) is 27.4 Å². The Kier molecular flexibility index (Phi) is 9.90. The van der Waals surface area contributed by atoms with Crippen LogP contribution < -0.4 is 0 Å². The van der Waals surface area contributed by atoms with Crippen LogP contribution in [0.2, 0.25) is 13.1 Å². The van der Waals surface area contributed by atoms with Crippen LogP contribution in [0.5, 0.6) is 0 Å². The number of hydrogen-bond acceptors (Lipinski definition) is 1. The van der Waals surface area contributed by atoms with Crippen molar-refractivity contribution in [1.82, 2.24) is 0 Å². The third-order valence-electron chi connectivity index (χ3n) is 0.655. The predicted molar refractivity (Wildman–Crippen MR) is 42.1 cm³/mol. The van der Waals surface area contributed by atoms with Gasteiger partial charge in [-0.05, 0) is 6.92 Å². The first-order valence-corrected chi connectivity index (χ1v) is 5.97. The van der Waals surface area contributed by atoms with Gasteiger partial charge in [0.1, 0.15) is 0 Å². The molecule has 1 nitrogen and oxygen atoms in total. The smallest absolute Gasteiger partial charge is 0.0616 e. The van der Waals surface area contributed by atoms with Gasteiger partial charge in [0.05, 0.1) is 8.80 Å². The highest BCUT2D eigenvalue weighted by molar-refractivity contribution is 6.55. The predicted octanol–water partition coefficient (Wildman–Crippen LogP) is 1.68. The summed E-state index contributed by atoms with van der Waals surface area (Å²) in [5, 5.41) is 0. The van der Waals surface area contributed by atoms with Gasteiger partial charge in [-0.3, -0.25) is 0 Å². The largest absolute Gasteiger partial charge is 0.385 e. The van der Waals surface area contributed by atoms with Crippen LogP contribution in [0.4, 0.5) is 0 Å². The second kappa shape index (κ2) is 7.18. The molecule has 0 aliphatic rings. The molecule has 0 aliphatic heterocycles. The highest BCUT2D eigenvalue weighted by atomic mass is 28.3. The quantitative estimate of drug-likeness (QED) is 0.534. The maximum absolute atomic E-state index is 5.16. The van der Waals surface area contributed by atoms with Gasteiger partial charge >= 0.3 is 0 Å². The van der Waals surface area contributed by atoms with Gasteiger partial charge in [-0.25, -0.2) is 0 Å². The third kappa shape index (κ3) is 9.49. The summed E-state index contributed by atoms with van der Waals surface area (Å²) in [5.41, 5.74) is 0. The van der Waals surface area contributed by atoms with Crippen molar-refractivity contribution in [3.8, 4) is 0 Å². The molecule has 0 saturated carbocycles. The lowest BCUT2D eigenvalue weighted by Gasteiger charge is -1.99. The van der Waals surface area contributed by atoms with Gasteiger partial charge in [-0.2, -0.15) is 0 Å². The molecule has 0 fully saturated rings.